The molecule has 0 N–H and O–H groups in total. The summed E-state index contributed by atoms with van der Waals surface area (Å²) in [6.07, 6.45) is 6.29. The molecule has 1 saturated carbocycles. The van der Waals surface area contributed by atoms with Crippen LogP contribution in [0.4, 0.5) is 0 Å². The Bertz CT molecular complexity index is 1480. The first-order valence-corrected chi connectivity index (χ1v) is 12.0. The molecule has 1 fully saturated rings. The van der Waals surface area contributed by atoms with Crippen molar-refractivity contribution in [1.29, 1.82) is 5.26 Å². The lowest BCUT2D eigenvalue weighted by molar-refractivity contribution is 0.0827. The van der Waals surface area contributed by atoms with Crippen LogP contribution >= 0.6 is 0 Å². The molecule has 182 valence electrons. The highest BCUT2D eigenvalue weighted by Gasteiger charge is 2.20. The molecule has 0 saturated heterocycles. The summed E-state index contributed by atoms with van der Waals surface area (Å²) in [6.45, 7) is 0. The number of amides is 1. The van der Waals surface area contributed by atoms with Gasteiger partial charge in [-0.1, -0.05) is 6.07 Å². The van der Waals surface area contributed by atoms with Crippen LogP contribution < -0.4 is 9.47 Å². The Balaban J connectivity index is 1.53. The molecule has 0 unspecified atom stereocenters. The van der Waals surface area contributed by atoms with Crippen molar-refractivity contribution in [1.82, 2.24) is 9.88 Å². The van der Waals surface area contributed by atoms with E-state index in [1.54, 1.807) is 39.5 Å². The molecule has 2 aromatic carbocycles. The van der Waals surface area contributed by atoms with Gasteiger partial charge in [-0.3, -0.25) is 9.78 Å². The third-order valence-corrected chi connectivity index (χ3v) is 6.54. The predicted molar refractivity (Wildman–Crippen MR) is 137 cm³/mol. The van der Waals surface area contributed by atoms with Crippen LogP contribution in [0.15, 0.2) is 59.1 Å². The highest BCUT2D eigenvalue weighted by Crippen LogP contribution is 2.38. The largest absolute Gasteiger partial charge is 0.496 e. The number of hydrogen-bond acceptors (Lipinski definition) is 6. The highest BCUT2D eigenvalue weighted by molar-refractivity contribution is 5.96. The Morgan fingerprint density at radius 1 is 1.06 bits per heavy atom. The summed E-state index contributed by atoms with van der Waals surface area (Å²) < 4.78 is 18.0. The number of fused-ring (bicyclic) bond motifs is 1. The Morgan fingerprint density at radius 2 is 1.86 bits per heavy atom. The van der Waals surface area contributed by atoms with E-state index in [0.29, 0.717) is 39.5 Å². The number of aromatic nitrogens is 1. The molecular formula is C29H27N3O4. The maximum atomic E-state index is 12.4. The molecule has 36 heavy (non-hydrogen) atoms. The van der Waals surface area contributed by atoms with Crippen molar-refractivity contribution in [2.45, 2.75) is 31.8 Å². The lowest BCUT2D eigenvalue weighted by Crippen LogP contribution is -2.21. The number of pyridine rings is 1. The van der Waals surface area contributed by atoms with Gasteiger partial charge >= 0.3 is 0 Å². The zero-order chi connectivity index (χ0) is 25.2. The van der Waals surface area contributed by atoms with E-state index >= 15 is 0 Å². The van der Waals surface area contributed by atoms with E-state index in [1.807, 2.05) is 36.4 Å². The molecule has 5 rings (SSSR count). The average Bonchev–Trinajstić information content (AvgIpc) is 3.57. The number of hydrogen-bond donors (Lipinski definition) is 0. The minimum Gasteiger partial charge on any atom is -0.496 e. The number of rotatable bonds is 6. The van der Waals surface area contributed by atoms with Crippen molar-refractivity contribution < 1.29 is 18.7 Å². The second-order valence-corrected chi connectivity index (χ2v) is 9.15. The summed E-state index contributed by atoms with van der Waals surface area (Å²) in [7, 11) is 4.98. The van der Waals surface area contributed by atoms with Crippen LogP contribution in [0.2, 0.25) is 0 Å². The van der Waals surface area contributed by atoms with E-state index in [9.17, 15) is 10.1 Å². The molecular weight excluding hydrogens is 454 g/mol. The van der Waals surface area contributed by atoms with Gasteiger partial charge in [0.1, 0.15) is 28.8 Å². The topological polar surface area (TPSA) is 88.6 Å². The molecule has 0 spiro atoms. The quantitative estimate of drug-likeness (QED) is 0.332. The van der Waals surface area contributed by atoms with Crippen molar-refractivity contribution in [2.24, 2.45) is 0 Å². The SMILES string of the molecule is COc1cc(C(=O)N(C)C)ccc1-c1cc2nccc(-c3ccc(OC4CCCC4)c(C#N)c3)c2o1. The van der Waals surface area contributed by atoms with Gasteiger partial charge in [-0.25, -0.2) is 0 Å². The number of carbonyl (C=O) groups is 1. The summed E-state index contributed by atoms with van der Waals surface area (Å²) in [5, 5.41) is 9.78. The molecule has 1 aliphatic rings. The molecule has 1 amide bonds. The third kappa shape index (κ3) is 4.38. The van der Waals surface area contributed by atoms with Gasteiger partial charge in [-0.2, -0.15) is 5.26 Å². The van der Waals surface area contributed by atoms with Gasteiger partial charge in [0.05, 0.1) is 24.3 Å². The third-order valence-electron chi connectivity index (χ3n) is 6.54. The fraction of sp³-hybridized carbons (Fsp3) is 0.276. The van der Waals surface area contributed by atoms with Gasteiger partial charge < -0.3 is 18.8 Å². The molecule has 0 bridgehead atoms. The zero-order valence-corrected chi connectivity index (χ0v) is 20.6. The smallest absolute Gasteiger partial charge is 0.253 e. The maximum absolute atomic E-state index is 12.4. The highest BCUT2D eigenvalue weighted by atomic mass is 16.5. The van der Waals surface area contributed by atoms with Crippen molar-refractivity contribution in [3.05, 3.63) is 65.9 Å². The molecule has 0 radical (unpaired) electrons. The van der Waals surface area contributed by atoms with Gasteiger partial charge in [0, 0.05) is 37.5 Å². The molecule has 2 aromatic heterocycles. The Kier molecular flexibility index (Phi) is 6.34. The van der Waals surface area contributed by atoms with Crippen LogP contribution in [-0.4, -0.2) is 43.1 Å². The second kappa shape index (κ2) is 9.74. The Morgan fingerprint density at radius 3 is 2.58 bits per heavy atom. The molecule has 4 aromatic rings. The Hall–Kier alpha value is -4.31. The van der Waals surface area contributed by atoms with Gasteiger partial charge in [0.15, 0.2) is 5.58 Å². The fourth-order valence-electron chi connectivity index (χ4n) is 4.66. The van der Waals surface area contributed by atoms with Gasteiger partial charge in [-0.05, 0) is 67.6 Å². The van der Waals surface area contributed by atoms with Gasteiger partial charge in [0.25, 0.3) is 5.91 Å². The first-order chi connectivity index (χ1) is 17.5. The van der Waals surface area contributed by atoms with E-state index in [4.69, 9.17) is 13.9 Å². The second-order valence-electron chi connectivity index (χ2n) is 9.15. The predicted octanol–water partition coefficient (Wildman–Crippen LogP) is 6.07. The number of furan rings is 1. The lowest BCUT2D eigenvalue weighted by Gasteiger charge is -2.15. The lowest BCUT2D eigenvalue weighted by atomic mass is 10.0. The summed E-state index contributed by atoms with van der Waals surface area (Å²) in [5.74, 6) is 1.62. The number of benzene rings is 2. The number of methoxy groups -OCH3 is 1. The van der Waals surface area contributed by atoms with Crippen molar-refractivity contribution in [2.75, 3.05) is 21.2 Å². The molecule has 0 aliphatic heterocycles. The molecule has 2 heterocycles. The molecule has 0 atom stereocenters. The van der Waals surface area contributed by atoms with Crippen LogP contribution in [0.5, 0.6) is 11.5 Å². The van der Waals surface area contributed by atoms with Crippen LogP contribution in [0, 0.1) is 11.3 Å². The number of carbonyl (C=O) groups excluding carboxylic acids is 1. The minimum atomic E-state index is -0.109. The normalized spacial score (nSPS) is 13.5. The van der Waals surface area contributed by atoms with E-state index in [0.717, 1.165) is 29.5 Å². The van der Waals surface area contributed by atoms with E-state index in [1.165, 1.54) is 17.7 Å². The van der Waals surface area contributed by atoms with Crippen LogP contribution in [-0.2, 0) is 0 Å². The van der Waals surface area contributed by atoms with Crippen molar-refractivity contribution in [3.8, 4) is 40.0 Å². The first kappa shape index (κ1) is 23.4. The first-order valence-electron chi connectivity index (χ1n) is 12.0. The van der Waals surface area contributed by atoms with Crippen molar-refractivity contribution in [3.63, 3.8) is 0 Å². The zero-order valence-electron chi connectivity index (χ0n) is 20.6. The van der Waals surface area contributed by atoms with Crippen LogP contribution in [0.3, 0.4) is 0 Å². The number of nitriles is 1. The summed E-state index contributed by atoms with van der Waals surface area (Å²) in [4.78, 5) is 18.4. The minimum absolute atomic E-state index is 0.109. The Labute approximate surface area is 209 Å². The monoisotopic (exact) mass is 481 g/mol. The van der Waals surface area contributed by atoms with Gasteiger partial charge in [0.2, 0.25) is 0 Å². The van der Waals surface area contributed by atoms with Crippen molar-refractivity contribution >= 4 is 17.0 Å². The average molecular weight is 482 g/mol. The molecule has 7 heteroatoms. The fourth-order valence-corrected chi connectivity index (χ4v) is 4.66. The standard InChI is InChI=1S/C29H27N3O4/c1-32(2)29(33)19-8-10-23(26(15-19)34-3)27-16-24-28(36-27)22(12-13-31-24)18-9-11-25(20(14-18)17-30)35-21-6-4-5-7-21/h8-16,21H,4-7H2,1-3H3. The molecule has 1 aliphatic carbocycles. The summed E-state index contributed by atoms with van der Waals surface area (Å²) in [5.41, 5.74) is 4.71. The summed E-state index contributed by atoms with van der Waals surface area (Å²) >= 11 is 0. The number of nitrogens with zero attached hydrogens (tertiary/aromatic N) is 3. The molecule has 7 nitrogen and oxygen atoms in total. The van der Waals surface area contributed by atoms with Gasteiger partial charge in [-0.15, -0.1) is 0 Å². The van der Waals surface area contributed by atoms with E-state index in [-0.39, 0.29) is 12.0 Å². The van der Waals surface area contributed by atoms with Crippen LogP contribution in [0.1, 0.15) is 41.6 Å². The number of ether oxygens (including phenoxy) is 2. The van der Waals surface area contributed by atoms with Crippen LogP contribution in [0.25, 0.3) is 33.6 Å². The summed E-state index contributed by atoms with van der Waals surface area (Å²) in [6, 6.07) is 16.9. The van der Waals surface area contributed by atoms with E-state index in [2.05, 4.69) is 11.1 Å². The van der Waals surface area contributed by atoms with E-state index < -0.39 is 0 Å². The maximum Gasteiger partial charge on any atom is 0.253 e.